The lowest BCUT2D eigenvalue weighted by molar-refractivity contribution is -0.137. The number of sulfone groups is 1. The molecule has 1 aliphatic rings. The highest BCUT2D eigenvalue weighted by Crippen LogP contribution is 2.32. The number of benzene rings is 2. The Morgan fingerprint density at radius 2 is 1.69 bits per heavy atom. The van der Waals surface area contributed by atoms with Crippen molar-refractivity contribution in [3.63, 3.8) is 0 Å². The largest absolute Gasteiger partial charge is 0.416 e. The molecule has 0 aromatic heterocycles. The summed E-state index contributed by atoms with van der Waals surface area (Å²) in [5.74, 6) is -0.646. The fraction of sp³-hybridized carbons (Fsp3) is 0.263. The van der Waals surface area contributed by atoms with Crippen LogP contribution in [0.1, 0.15) is 23.6 Å². The first-order chi connectivity index (χ1) is 13.3. The van der Waals surface area contributed by atoms with E-state index in [1.165, 1.54) is 43.3 Å². The van der Waals surface area contributed by atoms with Crippen LogP contribution in [-0.4, -0.2) is 31.5 Å². The van der Waals surface area contributed by atoms with Crippen molar-refractivity contribution >= 4 is 21.8 Å². The number of urea groups is 1. The zero-order valence-electron chi connectivity index (χ0n) is 15.4. The molecular weight excluding hydrogens is 409 g/mol. The van der Waals surface area contributed by atoms with E-state index in [4.69, 9.17) is 0 Å². The summed E-state index contributed by atoms with van der Waals surface area (Å²) < 4.78 is 61.9. The molecule has 1 fully saturated rings. The zero-order chi connectivity index (χ0) is 21.6. The summed E-state index contributed by atoms with van der Waals surface area (Å²) in [5, 5.41) is 2.54. The molecule has 0 spiro atoms. The van der Waals surface area contributed by atoms with Crippen LogP contribution < -0.4 is 5.32 Å². The van der Waals surface area contributed by atoms with E-state index < -0.39 is 39.1 Å². The lowest BCUT2D eigenvalue weighted by Gasteiger charge is -2.22. The van der Waals surface area contributed by atoms with Gasteiger partial charge >= 0.3 is 12.2 Å². The number of amides is 3. The molecular formula is C19H17F3N2O4S. The first-order valence-corrected chi connectivity index (χ1v) is 10.3. The molecule has 0 aliphatic carbocycles. The molecule has 3 amide bonds. The molecule has 2 aromatic rings. The molecule has 29 heavy (non-hydrogen) atoms. The van der Waals surface area contributed by atoms with Gasteiger partial charge in [-0.25, -0.2) is 13.2 Å². The molecule has 0 radical (unpaired) electrons. The second kappa shape index (κ2) is 6.87. The van der Waals surface area contributed by atoms with Gasteiger partial charge < -0.3 is 5.32 Å². The molecule has 0 bridgehead atoms. The maximum Gasteiger partial charge on any atom is 0.416 e. The van der Waals surface area contributed by atoms with Crippen molar-refractivity contribution in [2.24, 2.45) is 0 Å². The van der Waals surface area contributed by atoms with Crippen molar-refractivity contribution in [1.82, 2.24) is 10.2 Å². The number of nitrogens with one attached hydrogen (secondary N) is 1. The highest BCUT2D eigenvalue weighted by atomic mass is 32.2. The Labute approximate surface area is 165 Å². The lowest BCUT2D eigenvalue weighted by atomic mass is 9.92. The van der Waals surface area contributed by atoms with Crippen molar-refractivity contribution in [2.75, 3.05) is 6.26 Å². The minimum absolute atomic E-state index is 0.0578. The van der Waals surface area contributed by atoms with Crippen LogP contribution in [0.15, 0.2) is 53.4 Å². The Balaban J connectivity index is 1.88. The van der Waals surface area contributed by atoms with Gasteiger partial charge in [0.15, 0.2) is 9.84 Å². The van der Waals surface area contributed by atoms with Crippen LogP contribution in [0.25, 0.3) is 0 Å². The number of halogens is 3. The fourth-order valence-electron chi connectivity index (χ4n) is 3.10. The Morgan fingerprint density at radius 3 is 2.24 bits per heavy atom. The Morgan fingerprint density at radius 1 is 1.07 bits per heavy atom. The lowest BCUT2D eigenvalue weighted by Crippen LogP contribution is -2.40. The van der Waals surface area contributed by atoms with E-state index in [2.05, 4.69) is 5.32 Å². The van der Waals surface area contributed by atoms with Crippen molar-refractivity contribution in [3.8, 4) is 0 Å². The normalized spacial score (nSPS) is 20.1. The molecule has 1 saturated heterocycles. The van der Waals surface area contributed by atoms with Gasteiger partial charge in [-0.2, -0.15) is 13.2 Å². The number of carbonyl (C=O) groups excluding carboxylic acids is 2. The topological polar surface area (TPSA) is 83.6 Å². The maximum atomic E-state index is 12.9. The second-order valence-electron chi connectivity index (χ2n) is 6.94. The summed E-state index contributed by atoms with van der Waals surface area (Å²) in [7, 11) is -3.43. The third-order valence-electron chi connectivity index (χ3n) is 4.73. The van der Waals surface area contributed by atoms with E-state index in [9.17, 15) is 31.2 Å². The quantitative estimate of drug-likeness (QED) is 0.762. The van der Waals surface area contributed by atoms with E-state index in [0.29, 0.717) is 5.56 Å². The molecule has 1 N–H and O–H groups in total. The average molecular weight is 426 g/mol. The molecule has 1 unspecified atom stereocenters. The summed E-state index contributed by atoms with van der Waals surface area (Å²) in [5.41, 5.74) is -1.83. The highest BCUT2D eigenvalue weighted by molar-refractivity contribution is 7.90. The number of rotatable bonds is 4. The minimum atomic E-state index is -4.54. The molecule has 10 heteroatoms. The van der Waals surface area contributed by atoms with Crippen LogP contribution in [0.5, 0.6) is 0 Å². The van der Waals surface area contributed by atoms with Gasteiger partial charge in [-0.1, -0.05) is 24.3 Å². The van der Waals surface area contributed by atoms with Gasteiger partial charge in [0, 0.05) is 6.26 Å². The third kappa shape index (κ3) is 3.98. The molecule has 2 aromatic carbocycles. The van der Waals surface area contributed by atoms with E-state index in [1.54, 1.807) is 0 Å². The zero-order valence-corrected chi connectivity index (χ0v) is 16.3. The monoisotopic (exact) mass is 426 g/mol. The maximum absolute atomic E-state index is 12.9. The average Bonchev–Trinajstić information content (AvgIpc) is 2.85. The van der Waals surface area contributed by atoms with Crippen LogP contribution in [0.2, 0.25) is 0 Å². The van der Waals surface area contributed by atoms with Crippen LogP contribution >= 0.6 is 0 Å². The molecule has 3 rings (SSSR count). The SMILES string of the molecule is CC1(c2ccc(S(C)(=O)=O)cc2)NC(=O)N(Cc2cccc(C(F)(F)F)c2)C1=O. The van der Waals surface area contributed by atoms with Crippen molar-refractivity contribution in [2.45, 2.75) is 30.1 Å². The van der Waals surface area contributed by atoms with E-state index >= 15 is 0 Å². The number of imide groups is 1. The third-order valence-corrected chi connectivity index (χ3v) is 5.86. The van der Waals surface area contributed by atoms with Crippen LogP contribution in [0.4, 0.5) is 18.0 Å². The number of nitrogens with zero attached hydrogens (tertiary/aromatic N) is 1. The predicted molar refractivity (Wildman–Crippen MR) is 97.4 cm³/mol. The summed E-state index contributed by atoms with van der Waals surface area (Å²) in [4.78, 5) is 26.2. The predicted octanol–water partition coefficient (Wildman–Crippen LogP) is 3.08. The van der Waals surface area contributed by atoms with Crippen molar-refractivity contribution < 1.29 is 31.2 Å². The molecule has 1 atom stereocenters. The first-order valence-electron chi connectivity index (χ1n) is 8.43. The molecule has 1 heterocycles. The fourth-order valence-corrected chi connectivity index (χ4v) is 3.73. The van der Waals surface area contributed by atoms with Crippen LogP contribution in [0, 0.1) is 0 Å². The summed E-state index contributed by atoms with van der Waals surface area (Å²) in [6, 6.07) is 9.13. The molecule has 1 aliphatic heterocycles. The molecule has 154 valence electrons. The Bertz CT molecular complexity index is 1080. The molecule has 6 nitrogen and oxygen atoms in total. The number of alkyl halides is 3. The number of carbonyl (C=O) groups is 2. The van der Waals surface area contributed by atoms with E-state index in [1.807, 2.05) is 0 Å². The van der Waals surface area contributed by atoms with Gasteiger partial charge in [-0.3, -0.25) is 9.69 Å². The Hall–Kier alpha value is -2.88. The van der Waals surface area contributed by atoms with Gasteiger partial charge in [-0.05, 0) is 42.3 Å². The Kier molecular flexibility index (Phi) is 4.94. The van der Waals surface area contributed by atoms with Gasteiger partial charge in [0.2, 0.25) is 0 Å². The van der Waals surface area contributed by atoms with E-state index in [-0.39, 0.29) is 17.0 Å². The summed E-state index contributed by atoms with van der Waals surface area (Å²) >= 11 is 0. The highest BCUT2D eigenvalue weighted by Gasteiger charge is 2.49. The first kappa shape index (κ1) is 20.8. The van der Waals surface area contributed by atoms with Crippen molar-refractivity contribution in [3.05, 3.63) is 65.2 Å². The van der Waals surface area contributed by atoms with Gasteiger partial charge in [-0.15, -0.1) is 0 Å². The van der Waals surface area contributed by atoms with Crippen LogP contribution in [-0.2, 0) is 32.9 Å². The van der Waals surface area contributed by atoms with Crippen molar-refractivity contribution in [1.29, 1.82) is 0 Å². The van der Waals surface area contributed by atoms with Gasteiger partial charge in [0.25, 0.3) is 5.91 Å². The smallest absolute Gasteiger partial charge is 0.319 e. The van der Waals surface area contributed by atoms with Gasteiger partial charge in [0.05, 0.1) is 17.0 Å². The summed E-state index contributed by atoms with van der Waals surface area (Å²) in [6.07, 6.45) is -3.49. The number of hydrogen-bond acceptors (Lipinski definition) is 4. The van der Waals surface area contributed by atoms with E-state index in [0.717, 1.165) is 23.3 Å². The van der Waals surface area contributed by atoms with Gasteiger partial charge in [0.1, 0.15) is 5.54 Å². The van der Waals surface area contributed by atoms with Crippen LogP contribution in [0.3, 0.4) is 0 Å². The summed E-state index contributed by atoms with van der Waals surface area (Å²) in [6.45, 7) is 1.13. The number of hydrogen-bond donors (Lipinski definition) is 1. The molecule has 0 saturated carbocycles. The second-order valence-corrected chi connectivity index (χ2v) is 8.96. The standard InChI is InChI=1S/C19H17F3N2O4S/c1-18(13-6-8-15(9-7-13)29(2,27)28)16(25)24(17(26)23-18)11-12-4-3-5-14(10-12)19(20,21)22/h3-10H,11H2,1-2H3,(H,23,26). The minimum Gasteiger partial charge on any atom is -0.319 e.